The molecule has 0 aromatic rings. The monoisotopic (exact) mass is 174 g/mol. The average molecular weight is 174 g/mol. The topological polar surface area (TPSA) is 26.3 Å². The molecule has 1 aliphatic rings. The summed E-state index contributed by atoms with van der Waals surface area (Å²) < 4.78 is 17.2. The van der Waals surface area contributed by atoms with Crippen molar-refractivity contribution in [1.29, 1.82) is 0 Å². The number of hydrogen-bond donors (Lipinski definition) is 0. The molecule has 1 aliphatic carbocycles. The van der Waals surface area contributed by atoms with Gasteiger partial charge in [-0.15, -0.1) is 0 Å². The number of allylic oxidation sites excluding steroid dienone is 2. The van der Waals surface area contributed by atoms with Crippen LogP contribution in [0, 0.1) is 0 Å². The molecule has 2 unspecified atom stereocenters. The molecule has 64 valence electrons. The molecule has 0 fully saturated rings. The number of hydrogen-bond acceptors (Lipinski definition) is 2. The first kappa shape index (κ1) is 9.02. The van der Waals surface area contributed by atoms with Crippen molar-refractivity contribution in [1.82, 2.24) is 0 Å². The largest absolute Gasteiger partial charge is 0.328 e. The minimum atomic E-state index is -2.29. The van der Waals surface area contributed by atoms with Crippen molar-refractivity contribution in [3.8, 4) is 0 Å². The third-order valence-electron chi connectivity index (χ3n) is 2.03. The van der Waals surface area contributed by atoms with Gasteiger partial charge in [-0.2, -0.15) is 0 Å². The van der Waals surface area contributed by atoms with Gasteiger partial charge >= 0.3 is 0 Å². The van der Waals surface area contributed by atoms with E-state index in [0.717, 1.165) is 6.42 Å². The maximum absolute atomic E-state index is 11.9. The molecule has 11 heavy (non-hydrogen) atoms. The second kappa shape index (κ2) is 3.55. The van der Waals surface area contributed by atoms with Gasteiger partial charge in [0.05, 0.1) is 12.3 Å². The van der Waals surface area contributed by atoms with Crippen LogP contribution in [0.2, 0.25) is 0 Å². The summed E-state index contributed by atoms with van der Waals surface area (Å²) in [5.41, 5.74) is 0.215. The lowest BCUT2D eigenvalue weighted by atomic mass is 10.1. The molecule has 0 amide bonds. The molecule has 0 bridgehead atoms. The van der Waals surface area contributed by atoms with Crippen molar-refractivity contribution in [3.05, 3.63) is 12.2 Å². The van der Waals surface area contributed by atoms with Gasteiger partial charge in [0, 0.05) is 6.16 Å². The highest BCUT2D eigenvalue weighted by atomic mass is 31.2. The van der Waals surface area contributed by atoms with Crippen LogP contribution in [-0.2, 0) is 9.09 Å². The lowest BCUT2D eigenvalue weighted by Crippen LogP contribution is -2.14. The molecule has 0 saturated carbocycles. The van der Waals surface area contributed by atoms with Gasteiger partial charge in [-0.1, -0.05) is 19.1 Å². The van der Waals surface area contributed by atoms with Crippen LogP contribution < -0.4 is 0 Å². The molecule has 0 aromatic heterocycles. The highest BCUT2D eigenvalue weighted by Crippen LogP contribution is 2.55. The minimum Gasteiger partial charge on any atom is -0.328 e. The smallest absolute Gasteiger partial charge is 0.209 e. The Labute approximate surface area is 68.1 Å². The normalized spacial score (nSPS) is 27.6. The van der Waals surface area contributed by atoms with Gasteiger partial charge in [-0.25, -0.2) is 0 Å². The van der Waals surface area contributed by atoms with Crippen LogP contribution in [0.4, 0.5) is 0 Å². The maximum Gasteiger partial charge on any atom is 0.209 e. The Balaban J connectivity index is 2.59. The van der Waals surface area contributed by atoms with Crippen molar-refractivity contribution >= 4 is 7.37 Å². The third kappa shape index (κ3) is 1.74. The van der Waals surface area contributed by atoms with E-state index in [1.807, 2.05) is 26.0 Å². The van der Waals surface area contributed by atoms with Crippen LogP contribution >= 0.6 is 7.37 Å². The van der Waals surface area contributed by atoms with Gasteiger partial charge in [-0.05, 0) is 13.3 Å². The maximum atomic E-state index is 11.9. The van der Waals surface area contributed by atoms with Gasteiger partial charge in [0.25, 0.3) is 0 Å². The Morgan fingerprint density at radius 1 is 1.64 bits per heavy atom. The molecule has 0 aliphatic heterocycles. The Hall–Kier alpha value is -0.0700. The molecule has 0 N–H and O–H groups in total. The third-order valence-corrected chi connectivity index (χ3v) is 5.00. The molecule has 0 heterocycles. The van der Waals surface area contributed by atoms with E-state index in [0.29, 0.717) is 12.8 Å². The van der Waals surface area contributed by atoms with E-state index < -0.39 is 7.37 Å². The fourth-order valence-corrected chi connectivity index (χ4v) is 3.30. The molecule has 0 spiro atoms. The summed E-state index contributed by atoms with van der Waals surface area (Å²) in [6, 6.07) is 0. The van der Waals surface area contributed by atoms with Crippen molar-refractivity contribution in [2.75, 3.05) is 12.8 Å². The zero-order valence-corrected chi connectivity index (χ0v) is 8.01. The predicted octanol–water partition coefficient (Wildman–Crippen LogP) is 2.65. The molecule has 2 atom stereocenters. The first-order valence-corrected chi connectivity index (χ1v) is 6.00. The summed E-state index contributed by atoms with van der Waals surface area (Å²) in [5, 5.41) is 0. The Morgan fingerprint density at radius 3 is 2.55 bits per heavy atom. The molecule has 3 heteroatoms. The Kier molecular flexibility index (Phi) is 2.91. The predicted molar refractivity (Wildman–Crippen MR) is 47.3 cm³/mol. The van der Waals surface area contributed by atoms with E-state index in [-0.39, 0.29) is 5.66 Å². The summed E-state index contributed by atoms with van der Waals surface area (Å²) in [6.45, 7) is 4.39. The lowest BCUT2D eigenvalue weighted by Gasteiger charge is -2.27. The molecule has 2 nitrogen and oxygen atoms in total. The van der Waals surface area contributed by atoms with Gasteiger partial charge < -0.3 is 4.52 Å². The van der Waals surface area contributed by atoms with Crippen LogP contribution in [0.15, 0.2) is 12.2 Å². The van der Waals surface area contributed by atoms with Crippen LogP contribution in [0.25, 0.3) is 0 Å². The summed E-state index contributed by atoms with van der Waals surface area (Å²) >= 11 is 0. The van der Waals surface area contributed by atoms with Gasteiger partial charge in [0.2, 0.25) is 7.37 Å². The van der Waals surface area contributed by atoms with E-state index in [4.69, 9.17) is 4.52 Å². The van der Waals surface area contributed by atoms with Gasteiger partial charge in [-0.3, -0.25) is 4.57 Å². The number of rotatable bonds is 4. The lowest BCUT2D eigenvalue weighted by molar-refractivity contribution is 0.328. The van der Waals surface area contributed by atoms with Crippen LogP contribution in [0.3, 0.4) is 0 Å². The van der Waals surface area contributed by atoms with Crippen molar-refractivity contribution in [3.63, 3.8) is 0 Å². The molecule has 0 saturated heterocycles. The summed E-state index contributed by atoms with van der Waals surface area (Å²) in [5.74, 6) is 0. The van der Waals surface area contributed by atoms with Crippen molar-refractivity contribution in [2.45, 2.75) is 25.9 Å². The molecule has 1 rings (SSSR count). The zero-order valence-electron chi connectivity index (χ0n) is 7.12. The second-order valence-corrected chi connectivity index (χ2v) is 5.70. The highest BCUT2D eigenvalue weighted by molar-refractivity contribution is 7.60. The average Bonchev–Trinajstić information content (AvgIpc) is 1.84. The second-order valence-electron chi connectivity index (χ2n) is 2.69. The van der Waals surface area contributed by atoms with Gasteiger partial charge in [0.1, 0.15) is 0 Å². The van der Waals surface area contributed by atoms with Crippen LogP contribution in [0.5, 0.6) is 0 Å². The fourth-order valence-electron chi connectivity index (χ4n) is 1.19. The minimum absolute atomic E-state index is 0.215. The van der Waals surface area contributed by atoms with Crippen LogP contribution in [0.1, 0.15) is 20.3 Å². The summed E-state index contributed by atoms with van der Waals surface area (Å²) in [7, 11) is -2.29. The Bertz CT molecular complexity index is 198. The van der Waals surface area contributed by atoms with Crippen LogP contribution in [-0.4, -0.2) is 18.4 Å². The van der Waals surface area contributed by atoms with E-state index >= 15 is 0 Å². The van der Waals surface area contributed by atoms with E-state index in [1.54, 1.807) is 0 Å². The fraction of sp³-hybridized carbons (Fsp3) is 0.750. The SMILES string of the molecule is CCOP(=O)(CC)C1C=CC1. The Morgan fingerprint density at radius 2 is 2.27 bits per heavy atom. The zero-order chi connectivity index (χ0) is 8.32. The van der Waals surface area contributed by atoms with Crippen molar-refractivity contribution < 1.29 is 9.09 Å². The standard InChI is InChI=1S/C8H15O2P/c1-3-10-11(9,4-2)8-6-5-7-8/h5-6,8H,3-4,7H2,1-2H3. The van der Waals surface area contributed by atoms with E-state index in [2.05, 4.69) is 0 Å². The first-order valence-electron chi connectivity index (χ1n) is 4.13. The van der Waals surface area contributed by atoms with Gasteiger partial charge in [0.15, 0.2) is 0 Å². The van der Waals surface area contributed by atoms with E-state index in [9.17, 15) is 4.57 Å². The molecular weight excluding hydrogens is 159 g/mol. The van der Waals surface area contributed by atoms with E-state index in [1.165, 1.54) is 0 Å². The highest BCUT2D eigenvalue weighted by Gasteiger charge is 2.32. The molecular formula is C8H15O2P. The molecule has 0 radical (unpaired) electrons. The summed E-state index contributed by atoms with van der Waals surface area (Å²) in [4.78, 5) is 0. The van der Waals surface area contributed by atoms with Crippen molar-refractivity contribution in [2.24, 2.45) is 0 Å². The molecule has 0 aromatic carbocycles. The quantitative estimate of drug-likeness (QED) is 0.483. The first-order chi connectivity index (χ1) is 5.23. The summed E-state index contributed by atoms with van der Waals surface area (Å²) in [6.07, 6.45) is 5.65.